The number of ether oxygens (including phenoxy) is 1. The molecule has 5 nitrogen and oxygen atoms in total. The highest BCUT2D eigenvalue weighted by Crippen LogP contribution is 2.42. The smallest absolute Gasteiger partial charge is 0.260 e. The summed E-state index contributed by atoms with van der Waals surface area (Å²) in [6.07, 6.45) is 2.25. The van der Waals surface area contributed by atoms with Crippen molar-refractivity contribution < 1.29 is 9.26 Å². The fourth-order valence-corrected chi connectivity index (χ4v) is 2.52. The molecular weight excluding hydrogens is 254 g/mol. The number of nitrogens with two attached hydrogens (primary N) is 1. The van der Waals surface area contributed by atoms with Crippen LogP contribution >= 0.6 is 0 Å². The highest BCUT2D eigenvalue weighted by molar-refractivity contribution is 5.74. The molecule has 0 saturated heterocycles. The molecular formula is C15H19N3O2. The summed E-state index contributed by atoms with van der Waals surface area (Å²) in [5, 5.41) is 4.06. The molecule has 0 radical (unpaired) electrons. The third-order valence-corrected chi connectivity index (χ3v) is 3.76. The van der Waals surface area contributed by atoms with Crippen LogP contribution in [0.5, 0.6) is 0 Å². The summed E-state index contributed by atoms with van der Waals surface area (Å²) >= 11 is 0. The highest BCUT2D eigenvalue weighted by Gasteiger charge is 2.35. The molecule has 5 heteroatoms. The molecule has 3 rings (SSSR count). The molecule has 1 atom stereocenters. The van der Waals surface area contributed by atoms with Crippen LogP contribution in [-0.2, 0) is 4.74 Å². The summed E-state index contributed by atoms with van der Waals surface area (Å²) in [6, 6.07) is 4.01. The van der Waals surface area contributed by atoms with E-state index >= 15 is 0 Å². The van der Waals surface area contributed by atoms with Crippen molar-refractivity contribution in [2.45, 2.75) is 32.8 Å². The number of rotatable bonds is 4. The van der Waals surface area contributed by atoms with Gasteiger partial charge in [0.1, 0.15) is 6.10 Å². The summed E-state index contributed by atoms with van der Waals surface area (Å²) in [4.78, 5) is 4.47. The Hall–Kier alpha value is -1.88. The first-order valence-corrected chi connectivity index (χ1v) is 6.83. The SMILES string of the molecule is COC(c1noc(-c2cc(C)cc(C)c2N)n1)C1CC1. The number of benzene rings is 1. The van der Waals surface area contributed by atoms with Crippen molar-refractivity contribution in [3.05, 3.63) is 29.1 Å². The topological polar surface area (TPSA) is 74.2 Å². The van der Waals surface area contributed by atoms with Gasteiger partial charge >= 0.3 is 0 Å². The van der Waals surface area contributed by atoms with Crippen LogP contribution in [0, 0.1) is 19.8 Å². The van der Waals surface area contributed by atoms with Crippen LogP contribution in [0.25, 0.3) is 11.5 Å². The largest absolute Gasteiger partial charge is 0.398 e. The van der Waals surface area contributed by atoms with Gasteiger partial charge in [0.15, 0.2) is 0 Å². The number of hydrogen-bond donors (Lipinski definition) is 1. The average molecular weight is 273 g/mol. The highest BCUT2D eigenvalue weighted by atomic mass is 16.5. The molecule has 1 heterocycles. The molecule has 0 amide bonds. The van der Waals surface area contributed by atoms with Crippen LogP contribution in [0.3, 0.4) is 0 Å². The minimum Gasteiger partial charge on any atom is -0.398 e. The lowest BCUT2D eigenvalue weighted by atomic mass is 10.0. The first kappa shape index (κ1) is 13.1. The van der Waals surface area contributed by atoms with Gasteiger partial charge < -0.3 is 15.0 Å². The molecule has 106 valence electrons. The Bertz CT molecular complexity index is 632. The number of methoxy groups -OCH3 is 1. The number of hydrogen-bond acceptors (Lipinski definition) is 5. The lowest BCUT2D eigenvalue weighted by Crippen LogP contribution is -2.05. The van der Waals surface area contributed by atoms with E-state index in [9.17, 15) is 0 Å². The third kappa shape index (κ3) is 2.29. The number of anilines is 1. The molecule has 0 spiro atoms. The Kier molecular flexibility index (Phi) is 3.22. The van der Waals surface area contributed by atoms with Crippen molar-refractivity contribution in [1.82, 2.24) is 10.1 Å². The summed E-state index contributed by atoms with van der Waals surface area (Å²) in [6.45, 7) is 4.00. The van der Waals surface area contributed by atoms with Gasteiger partial charge in [0, 0.05) is 12.8 Å². The number of aryl methyl sites for hydroxylation is 2. The Morgan fingerprint density at radius 3 is 2.75 bits per heavy atom. The normalized spacial score (nSPS) is 16.4. The van der Waals surface area contributed by atoms with Crippen LogP contribution < -0.4 is 5.73 Å². The van der Waals surface area contributed by atoms with E-state index in [4.69, 9.17) is 15.0 Å². The maximum Gasteiger partial charge on any atom is 0.260 e. The maximum atomic E-state index is 6.11. The molecule has 2 aromatic rings. The van der Waals surface area contributed by atoms with Gasteiger partial charge in [-0.15, -0.1) is 0 Å². The van der Waals surface area contributed by atoms with E-state index in [0.29, 0.717) is 23.3 Å². The van der Waals surface area contributed by atoms with Gasteiger partial charge in [-0.25, -0.2) is 0 Å². The predicted molar refractivity (Wildman–Crippen MR) is 76.1 cm³/mol. The molecule has 20 heavy (non-hydrogen) atoms. The van der Waals surface area contributed by atoms with Crippen LogP contribution in [0.15, 0.2) is 16.7 Å². The van der Waals surface area contributed by atoms with Gasteiger partial charge in [0.25, 0.3) is 5.89 Å². The molecule has 1 unspecified atom stereocenters. The van der Waals surface area contributed by atoms with Crippen LogP contribution in [0.1, 0.15) is 35.9 Å². The number of nitrogen functional groups attached to an aromatic ring is 1. The third-order valence-electron chi connectivity index (χ3n) is 3.76. The van der Waals surface area contributed by atoms with Crippen molar-refractivity contribution in [3.8, 4) is 11.5 Å². The summed E-state index contributed by atoms with van der Waals surface area (Å²) in [5.41, 5.74) is 9.74. The fraction of sp³-hybridized carbons (Fsp3) is 0.467. The van der Waals surface area contributed by atoms with Gasteiger partial charge in [-0.05, 0) is 49.8 Å². The fourth-order valence-electron chi connectivity index (χ4n) is 2.52. The van der Waals surface area contributed by atoms with Crippen molar-refractivity contribution >= 4 is 5.69 Å². The summed E-state index contributed by atoms with van der Waals surface area (Å²) in [5.74, 6) is 1.60. The van der Waals surface area contributed by atoms with E-state index in [0.717, 1.165) is 29.5 Å². The molecule has 0 aliphatic heterocycles. The van der Waals surface area contributed by atoms with Crippen molar-refractivity contribution in [1.29, 1.82) is 0 Å². The lowest BCUT2D eigenvalue weighted by Gasteiger charge is -2.08. The summed E-state index contributed by atoms with van der Waals surface area (Å²) < 4.78 is 10.9. The lowest BCUT2D eigenvalue weighted by molar-refractivity contribution is 0.0751. The van der Waals surface area contributed by atoms with E-state index in [2.05, 4.69) is 10.1 Å². The zero-order chi connectivity index (χ0) is 14.3. The minimum atomic E-state index is -0.0698. The molecule has 1 aromatic carbocycles. The van der Waals surface area contributed by atoms with Crippen LogP contribution in [0.2, 0.25) is 0 Å². The van der Waals surface area contributed by atoms with Gasteiger partial charge in [-0.2, -0.15) is 4.98 Å². The second kappa shape index (κ2) is 4.90. The quantitative estimate of drug-likeness (QED) is 0.867. The number of nitrogens with zero attached hydrogens (tertiary/aromatic N) is 2. The first-order chi connectivity index (χ1) is 9.60. The zero-order valence-corrected chi connectivity index (χ0v) is 12.0. The van der Waals surface area contributed by atoms with Gasteiger partial charge in [0.2, 0.25) is 5.82 Å². The van der Waals surface area contributed by atoms with Crippen molar-refractivity contribution in [2.75, 3.05) is 12.8 Å². The Balaban J connectivity index is 1.97. The van der Waals surface area contributed by atoms with E-state index < -0.39 is 0 Å². The van der Waals surface area contributed by atoms with Gasteiger partial charge in [-0.1, -0.05) is 11.2 Å². The average Bonchev–Trinajstić information content (AvgIpc) is 3.12. The molecule has 1 fully saturated rings. The Morgan fingerprint density at radius 1 is 1.35 bits per heavy atom. The molecule has 1 saturated carbocycles. The van der Waals surface area contributed by atoms with E-state index in [1.54, 1.807) is 7.11 Å². The number of aromatic nitrogens is 2. The van der Waals surface area contributed by atoms with Crippen LogP contribution in [0.4, 0.5) is 5.69 Å². The standard InChI is InChI=1S/C15H19N3O2/c1-8-6-9(2)12(16)11(7-8)15-17-14(18-20-15)13(19-3)10-4-5-10/h6-7,10,13H,4-5,16H2,1-3H3. The van der Waals surface area contributed by atoms with Crippen molar-refractivity contribution in [2.24, 2.45) is 5.92 Å². The minimum absolute atomic E-state index is 0.0698. The zero-order valence-electron chi connectivity index (χ0n) is 12.0. The first-order valence-electron chi connectivity index (χ1n) is 6.83. The van der Waals surface area contributed by atoms with E-state index in [-0.39, 0.29) is 6.10 Å². The van der Waals surface area contributed by atoms with Crippen molar-refractivity contribution in [3.63, 3.8) is 0 Å². The van der Waals surface area contributed by atoms with Gasteiger partial charge in [0.05, 0.1) is 5.56 Å². The second-order valence-electron chi connectivity index (χ2n) is 5.49. The molecule has 0 bridgehead atoms. The Morgan fingerprint density at radius 2 is 2.10 bits per heavy atom. The monoisotopic (exact) mass is 273 g/mol. The van der Waals surface area contributed by atoms with Gasteiger partial charge in [-0.3, -0.25) is 0 Å². The van der Waals surface area contributed by atoms with Crippen LogP contribution in [-0.4, -0.2) is 17.3 Å². The molecule has 2 N–H and O–H groups in total. The van der Waals surface area contributed by atoms with E-state index in [1.165, 1.54) is 0 Å². The molecule has 1 aliphatic carbocycles. The second-order valence-corrected chi connectivity index (χ2v) is 5.49. The maximum absolute atomic E-state index is 6.11. The summed E-state index contributed by atoms with van der Waals surface area (Å²) in [7, 11) is 1.68. The molecule has 1 aromatic heterocycles. The molecule has 1 aliphatic rings. The predicted octanol–water partition coefficient (Wildman–Crippen LogP) is 3.03. The Labute approximate surface area is 118 Å². The van der Waals surface area contributed by atoms with E-state index in [1.807, 2.05) is 26.0 Å².